The fraction of sp³-hybridized carbons (Fsp3) is 0.632. The lowest BCUT2D eigenvalue weighted by molar-refractivity contribution is -0.161. The number of nitrogens with zero attached hydrogens (tertiary/aromatic N) is 1. The third-order valence-corrected chi connectivity index (χ3v) is 5.47. The molecule has 5 heteroatoms. The van der Waals surface area contributed by atoms with E-state index in [2.05, 4.69) is 11.8 Å². The Labute approximate surface area is 149 Å². The maximum Gasteiger partial charge on any atom is 0.347 e. The van der Waals surface area contributed by atoms with Gasteiger partial charge in [-0.25, -0.2) is 4.79 Å². The highest BCUT2D eigenvalue weighted by Crippen LogP contribution is 2.36. The number of piperidine rings is 1. The average molecular weight is 352 g/mol. The highest BCUT2D eigenvalue weighted by Gasteiger charge is 2.41. The van der Waals surface area contributed by atoms with E-state index in [1.807, 2.05) is 6.92 Å². The van der Waals surface area contributed by atoms with Crippen molar-refractivity contribution in [3.63, 3.8) is 0 Å². The number of benzene rings is 1. The van der Waals surface area contributed by atoms with Crippen molar-refractivity contribution in [3.8, 4) is 5.75 Å². The smallest absolute Gasteiger partial charge is 0.347 e. The molecule has 2 heterocycles. The van der Waals surface area contributed by atoms with Gasteiger partial charge in [-0.05, 0) is 50.1 Å². The van der Waals surface area contributed by atoms with Crippen LogP contribution < -0.4 is 4.74 Å². The van der Waals surface area contributed by atoms with Crippen molar-refractivity contribution in [2.75, 3.05) is 6.54 Å². The van der Waals surface area contributed by atoms with Crippen molar-refractivity contribution in [1.82, 2.24) is 4.90 Å². The van der Waals surface area contributed by atoms with Gasteiger partial charge in [0.1, 0.15) is 11.9 Å². The Morgan fingerprint density at radius 3 is 2.38 bits per heavy atom. The van der Waals surface area contributed by atoms with Crippen molar-refractivity contribution in [2.24, 2.45) is 0 Å². The summed E-state index contributed by atoms with van der Waals surface area (Å²) < 4.78 is 11.6. The summed E-state index contributed by atoms with van der Waals surface area (Å²) in [6, 6.07) is 8.21. The molecule has 2 aliphatic rings. The summed E-state index contributed by atoms with van der Waals surface area (Å²) in [6.07, 6.45) is 4.41. The number of carbonyl (C=O) groups is 1. The first kappa shape index (κ1) is 17.6. The molecule has 2 fully saturated rings. The highest BCUT2D eigenvalue weighted by molar-refractivity contribution is 6.30. The second-order valence-electron chi connectivity index (χ2n) is 6.71. The van der Waals surface area contributed by atoms with Crippen LogP contribution in [0.1, 0.15) is 46.0 Å². The number of fused-ring (bicyclic) bond motifs is 2. The minimum absolute atomic E-state index is 0.0284. The summed E-state index contributed by atoms with van der Waals surface area (Å²) in [5.41, 5.74) is 0. The van der Waals surface area contributed by atoms with Gasteiger partial charge in [0.15, 0.2) is 6.10 Å². The van der Waals surface area contributed by atoms with Gasteiger partial charge in [0.05, 0.1) is 0 Å². The standard InChI is InChI=1S/C19H26ClNO3/c1-3-18(23-16-9-5-13(20)6-10-16)19(22)24-17-11-14-7-8-15(12-17)21(14)4-2/h5-6,9-10,14-15,17-18H,3-4,7-8,11-12H2,1-2H3/t14-,15+,17?,18?. The van der Waals surface area contributed by atoms with Gasteiger partial charge in [0.25, 0.3) is 0 Å². The van der Waals surface area contributed by atoms with Crippen LogP contribution in [0.3, 0.4) is 0 Å². The molecule has 0 aliphatic carbocycles. The maximum absolute atomic E-state index is 12.5. The van der Waals surface area contributed by atoms with Gasteiger partial charge in [-0.3, -0.25) is 4.90 Å². The third-order valence-electron chi connectivity index (χ3n) is 5.21. The molecule has 3 rings (SSSR count). The van der Waals surface area contributed by atoms with Crippen LogP contribution in [0.25, 0.3) is 0 Å². The van der Waals surface area contributed by atoms with Crippen LogP contribution in [0.15, 0.2) is 24.3 Å². The molecule has 4 atom stereocenters. The Bertz CT molecular complexity index is 548. The van der Waals surface area contributed by atoms with Crippen molar-refractivity contribution < 1.29 is 14.3 Å². The highest BCUT2D eigenvalue weighted by atomic mass is 35.5. The van der Waals surface area contributed by atoms with E-state index in [1.165, 1.54) is 12.8 Å². The van der Waals surface area contributed by atoms with Crippen LogP contribution in [0.2, 0.25) is 5.02 Å². The van der Waals surface area contributed by atoms with Crippen molar-refractivity contribution in [2.45, 2.75) is 70.2 Å². The summed E-state index contributed by atoms with van der Waals surface area (Å²) >= 11 is 5.88. The number of hydrogen-bond acceptors (Lipinski definition) is 4. The summed E-state index contributed by atoms with van der Waals surface area (Å²) in [6.45, 7) is 5.24. The lowest BCUT2D eigenvalue weighted by Crippen LogP contribution is -2.46. The maximum atomic E-state index is 12.5. The number of carbonyl (C=O) groups excluding carboxylic acids is 1. The van der Waals surface area contributed by atoms with Crippen molar-refractivity contribution in [3.05, 3.63) is 29.3 Å². The molecule has 1 aromatic rings. The summed E-state index contributed by atoms with van der Waals surface area (Å²) in [4.78, 5) is 15.1. The van der Waals surface area contributed by atoms with Gasteiger partial charge in [0.2, 0.25) is 0 Å². The van der Waals surface area contributed by atoms with E-state index >= 15 is 0 Å². The minimum Gasteiger partial charge on any atom is -0.479 e. The Balaban J connectivity index is 1.56. The van der Waals surface area contributed by atoms with Gasteiger partial charge in [-0.1, -0.05) is 25.4 Å². The van der Waals surface area contributed by atoms with Crippen molar-refractivity contribution >= 4 is 17.6 Å². The zero-order valence-corrected chi connectivity index (χ0v) is 15.2. The van der Waals surface area contributed by atoms with Crippen LogP contribution in [0.5, 0.6) is 5.75 Å². The van der Waals surface area contributed by atoms with Crippen LogP contribution >= 0.6 is 11.6 Å². The number of rotatable bonds is 6. The van der Waals surface area contributed by atoms with Gasteiger partial charge < -0.3 is 9.47 Å². The molecule has 0 spiro atoms. The number of halogens is 1. The fourth-order valence-electron chi connectivity index (χ4n) is 4.05. The summed E-state index contributed by atoms with van der Waals surface area (Å²) in [5.74, 6) is 0.394. The molecular formula is C19H26ClNO3. The van der Waals surface area contributed by atoms with E-state index in [4.69, 9.17) is 21.1 Å². The van der Waals surface area contributed by atoms with Gasteiger partial charge in [-0.15, -0.1) is 0 Å². The quantitative estimate of drug-likeness (QED) is 0.724. The Kier molecular flexibility index (Phi) is 5.67. The monoisotopic (exact) mass is 351 g/mol. The van der Waals surface area contributed by atoms with Crippen LogP contribution in [-0.4, -0.2) is 41.7 Å². The first-order valence-corrected chi connectivity index (χ1v) is 9.37. The predicted molar refractivity (Wildman–Crippen MR) is 94.5 cm³/mol. The number of ether oxygens (including phenoxy) is 2. The predicted octanol–water partition coefficient (Wildman–Crippen LogP) is 4.06. The van der Waals surface area contributed by atoms with E-state index in [9.17, 15) is 4.79 Å². The molecule has 0 radical (unpaired) electrons. The fourth-order valence-corrected chi connectivity index (χ4v) is 4.18. The molecule has 132 valence electrons. The Morgan fingerprint density at radius 2 is 1.83 bits per heavy atom. The lowest BCUT2D eigenvalue weighted by Gasteiger charge is -2.38. The molecule has 2 saturated heterocycles. The summed E-state index contributed by atoms with van der Waals surface area (Å²) in [7, 11) is 0. The van der Waals surface area contributed by atoms with Crippen LogP contribution in [0.4, 0.5) is 0 Å². The molecule has 0 saturated carbocycles. The first-order valence-electron chi connectivity index (χ1n) is 8.99. The van der Waals surface area contributed by atoms with Crippen LogP contribution in [-0.2, 0) is 9.53 Å². The van der Waals surface area contributed by atoms with Crippen molar-refractivity contribution in [1.29, 1.82) is 0 Å². The van der Waals surface area contributed by atoms with Gasteiger partial charge in [0, 0.05) is 29.9 Å². The van der Waals surface area contributed by atoms with E-state index in [1.54, 1.807) is 24.3 Å². The molecule has 2 aliphatic heterocycles. The van der Waals surface area contributed by atoms with E-state index in [0.29, 0.717) is 29.3 Å². The number of esters is 1. The zero-order chi connectivity index (χ0) is 17.1. The molecule has 0 amide bonds. The minimum atomic E-state index is -0.562. The average Bonchev–Trinajstić information content (AvgIpc) is 2.83. The molecular weight excluding hydrogens is 326 g/mol. The van der Waals surface area contributed by atoms with Crippen LogP contribution in [0, 0.1) is 0 Å². The second-order valence-corrected chi connectivity index (χ2v) is 7.15. The largest absolute Gasteiger partial charge is 0.479 e. The second kappa shape index (κ2) is 7.75. The molecule has 0 N–H and O–H groups in total. The molecule has 2 bridgehead atoms. The Hall–Kier alpha value is -1.26. The van der Waals surface area contributed by atoms with Gasteiger partial charge >= 0.3 is 5.97 Å². The zero-order valence-electron chi connectivity index (χ0n) is 14.4. The SMILES string of the molecule is CCC(Oc1ccc(Cl)cc1)C(=O)OC1C[C@H]2CC[C@@H](C1)N2CC. The molecule has 1 aromatic carbocycles. The molecule has 4 nitrogen and oxygen atoms in total. The van der Waals surface area contributed by atoms with Gasteiger partial charge in [-0.2, -0.15) is 0 Å². The molecule has 24 heavy (non-hydrogen) atoms. The Morgan fingerprint density at radius 1 is 1.21 bits per heavy atom. The van der Waals surface area contributed by atoms with E-state index in [0.717, 1.165) is 19.4 Å². The summed E-state index contributed by atoms with van der Waals surface area (Å²) in [5, 5.41) is 0.649. The van der Waals surface area contributed by atoms with E-state index in [-0.39, 0.29) is 12.1 Å². The molecule has 2 unspecified atom stereocenters. The lowest BCUT2D eigenvalue weighted by atomic mass is 10.00. The third kappa shape index (κ3) is 3.86. The first-order chi connectivity index (χ1) is 11.6. The van der Waals surface area contributed by atoms with E-state index < -0.39 is 6.10 Å². The number of hydrogen-bond donors (Lipinski definition) is 0. The topological polar surface area (TPSA) is 38.8 Å². The normalized spacial score (nSPS) is 27.7. The molecule has 0 aromatic heterocycles.